The maximum Gasteiger partial charge on any atom is 0.336 e. The first-order valence-electron chi connectivity index (χ1n) is 7.09. The Labute approximate surface area is 141 Å². The Morgan fingerprint density at radius 1 is 1.45 bits per heavy atom. The molecule has 0 fully saturated rings. The van der Waals surface area contributed by atoms with Crippen molar-refractivity contribution in [1.82, 2.24) is 5.32 Å². The predicted molar refractivity (Wildman–Crippen MR) is 88.5 cm³/mol. The van der Waals surface area contributed by atoms with Gasteiger partial charge in [0.15, 0.2) is 5.78 Å². The number of rotatable bonds is 2. The minimum atomic E-state index is -0.385. The summed E-state index contributed by atoms with van der Waals surface area (Å²) in [4.78, 5) is 25.8. The quantitative estimate of drug-likeness (QED) is 0.794. The van der Waals surface area contributed by atoms with E-state index in [9.17, 15) is 9.59 Å². The molecule has 0 aromatic carbocycles. The van der Waals surface area contributed by atoms with Crippen LogP contribution in [0.25, 0.3) is 0 Å². The first-order chi connectivity index (χ1) is 10.5. The molecule has 1 aliphatic heterocycles. The van der Waals surface area contributed by atoms with Crippen molar-refractivity contribution in [3.63, 3.8) is 0 Å². The van der Waals surface area contributed by atoms with E-state index < -0.39 is 0 Å². The Balaban J connectivity index is 2.18. The van der Waals surface area contributed by atoms with Crippen LogP contribution in [0.15, 0.2) is 38.5 Å². The standard InChI is InChI=1S/C16H16BrNO3S/c1-8-13(16(20)21-2)15(12-6-9(17)7-22-12)14-10(18-8)4-3-5-11(14)19/h6-7,15,18H,3-5H2,1-2H3/t15-/m1/s1. The van der Waals surface area contributed by atoms with Gasteiger partial charge in [0, 0.05) is 38.1 Å². The van der Waals surface area contributed by atoms with Crippen molar-refractivity contribution in [3.05, 3.63) is 43.3 Å². The number of thiophene rings is 1. The third-order valence-electron chi connectivity index (χ3n) is 4.05. The highest BCUT2D eigenvalue weighted by atomic mass is 79.9. The number of halogens is 1. The molecular weight excluding hydrogens is 366 g/mol. The summed E-state index contributed by atoms with van der Waals surface area (Å²) in [5, 5.41) is 5.22. The summed E-state index contributed by atoms with van der Waals surface area (Å²) in [6, 6.07) is 1.98. The second-order valence-electron chi connectivity index (χ2n) is 5.42. The summed E-state index contributed by atoms with van der Waals surface area (Å²) in [6.45, 7) is 1.87. The van der Waals surface area contributed by atoms with Gasteiger partial charge in [0.1, 0.15) is 0 Å². The normalized spacial score (nSPS) is 21.6. The van der Waals surface area contributed by atoms with E-state index in [0.717, 1.165) is 39.2 Å². The van der Waals surface area contributed by atoms with Crippen molar-refractivity contribution in [2.75, 3.05) is 7.11 Å². The molecule has 3 rings (SSSR count). The van der Waals surface area contributed by atoms with Gasteiger partial charge in [-0.05, 0) is 41.8 Å². The van der Waals surface area contributed by atoms with Crippen molar-refractivity contribution < 1.29 is 14.3 Å². The van der Waals surface area contributed by atoms with Gasteiger partial charge in [-0.15, -0.1) is 11.3 Å². The lowest BCUT2D eigenvalue weighted by Gasteiger charge is -2.33. The number of dihydropyridines is 1. The van der Waals surface area contributed by atoms with Crippen molar-refractivity contribution >= 4 is 39.0 Å². The SMILES string of the molecule is COC(=O)C1=C(C)NC2=C(C(=O)CCC2)[C@@H]1c1cc(Br)cs1. The molecule has 0 saturated heterocycles. The Hall–Kier alpha value is -1.40. The molecule has 0 radical (unpaired) electrons. The number of ether oxygens (including phenoxy) is 1. The van der Waals surface area contributed by atoms with Crippen LogP contribution in [0.3, 0.4) is 0 Å². The lowest BCUT2D eigenvalue weighted by Crippen LogP contribution is -2.33. The van der Waals surface area contributed by atoms with Crippen molar-refractivity contribution in [1.29, 1.82) is 0 Å². The van der Waals surface area contributed by atoms with Gasteiger partial charge in [0.2, 0.25) is 0 Å². The topological polar surface area (TPSA) is 55.4 Å². The van der Waals surface area contributed by atoms with Crippen molar-refractivity contribution in [3.8, 4) is 0 Å². The number of methoxy groups -OCH3 is 1. The summed E-state index contributed by atoms with van der Waals surface area (Å²) in [7, 11) is 1.37. The molecule has 1 atom stereocenters. The Bertz CT molecular complexity index is 717. The number of Topliss-reactive ketones (excluding diaryl/α,β-unsaturated/α-hetero) is 1. The van der Waals surface area contributed by atoms with Gasteiger partial charge in [-0.25, -0.2) is 4.79 Å². The highest BCUT2D eigenvalue weighted by Gasteiger charge is 2.39. The van der Waals surface area contributed by atoms with Crippen LogP contribution in [0.4, 0.5) is 0 Å². The van der Waals surface area contributed by atoms with Crippen LogP contribution >= 0.6 is 27.3 Å². The van der Waals surface area contributed by atoms with Gasteiger partial charge in [-0.2, -0.15) is 0 Å². The third-order valence-corrected chi connectivity index (χ3v) is 5.81. The summed E-state index contributed by atoms with van der Waals surface area (Å²) >= 11 is 5.00. The van der Waals surface area contributed by atoms with E-state index >= 15 is 0 Å². The van der Waals surface area contributed by atoms with Gasteiger partial charge in [0.25, 0.3) is 0 Å². The maximum absolute atomic E-state index is 12.5. The van der Waals surface area contributed by atoms with Crippen molar-refractivity contribution in [2.24, 2.45) is 0 Å². The zero-order valence-electron chi connectivity index (χ0n) is 12.4. The molecule has 0 amide bonds. The van der Waals surface area contributed by atoms with E-state index in [1.807, 2.05) is 18.4 Å². The zero-order valence-corrected chi connectivity index (χ0v) is 14.8. The zero-order chi connectivity index (χ0) is 15.9. The number of hydrogen-bond donors (Lipinski definition) is 1. The molecule has 1 aromatic rings. The molecule has 0 unspecified atom stereocenters. The molecule has 1 N–H and O–H groups in total. The Morgan fingerprint density at radius 3 is 2.86 bits per heavy atom. The molecule has 6 heteroatoms. The summed E-state index contributed by atoms with van der Waals surface area (Å²) in [5.41, 5.74) is 2.99. The smallest absolute Gasteiger partial charge is 0.336 e. The molecule has 2 heterocycles. The second-order valence-corrected chi connectivity index (χ2v) is 7.28. The molecule has 0 spiro atoms. The van der Waals surface area contributed by atoms with Gasteiger partial charge in [-0.3, -0.25) is 4.79 Å². The fraction of sp³-hybridized carbons (Fsp3) is 0.375. The first-order valence-corrected chi connectivity index (χ1v) is 8.76. The summed E-state index contributed by atoms with van der Waals surface area (Å²) in [5.74, 6) is -0.588. The molecule has 4 nitrogen and oxygen atoms in total. The average molecular weight is 382 g/mol. The molecular formula is C16H16BrNO3S. The predicted octanol–water partition coefficient (Wildman–Crippen LogP) is 3.65. The number of allylic oxidation sites excluding steroid dienone is 3. The van der Waals surface area contributed by atoms with E-state index in [-0.39, 0.29) is 17.7 Å². The van der Waals surface area contributed by atoms with E-state index in [0.29, 0.717) is 12.0 Å². The molecule has 1 aromatic heterocycles. The lowest BCUT2D eigenvalue weighted by atomic mass is 9.78. The van der Waals surface area contributed by atoms with Crippen LogP contribution in [-0.2, 0) is 14.3 Å². The number of ketones is 1. The van der Waals surface area contributed by atoms with E-state index in [4.69, 9.17) is 4.74 Å². The monoisotopic (exact) mass is 381 g/mol. The van der Waals surface area contributed by atoms with Crippen LogP contribution in [0.2, 0.25) is 0 Å². The van der Waals surface area contributed by atoms with Crippen LogP contribution in [0.5, 0.6) is 0 Å². The highest BCUT2D eigenvalue weighted by molar-refractivity contribution is 9.10. The highest BCUT2D eigenvalue weighted by Crippen LogP contribution is 2.44. The molecule has 116 valence electrons. The largest absolute Gasteiger partial charge is 0.466 e. The fourth-order valence-electron chi connectivity index (χ4n) is 3.13. The summed E-state index contributed by atoms with van der Waals surface area (Å²) < 4.78 is 5.91. The lowest BCUT2D eigenvalue weighted by molar-refractivity contribution is -0.136. The van der Waals surface area contributed by atoms with Crippen molar-refractivity contribution in [2.45, 2.75) is 32.1 Å². The van der Waals surface area contributed by atoms with Crippen LogP contribution in [0.1, 0.15) is 37.0 Å². The fourth-order valence-corrected chi connectivity index (χ4v) is 4.69. The molecule has 22 heavy (non-hydrogen) atoms. The minimum absolute atomic E-state index is 0.122. The number of carbonyl (C=O) groups is 2. The van der Waals surface area contributed by atoms with Gasteiger partial charge >= 0.3 is 5.97 Å². The van der Waals surface area contributed by atoms with Gasteiger partial charge < -0.3 is 10.1 Å². The molecule has 0 saturated carbocycles. The number of hydrogen-bond acceptors (Lipinski definition) is 5. The maximum atomic E-state index is 12.5. The van der Waals surface area contributed by atoms with E-state index in [1.165, 1.54) is 7.11 Å². The van der Waals surface area contributed by atoms with Crippen LogP contribution < -0.4 is 5.32 Å². The van der Waals surface area contributed by atoms with Gasteiger partial charge in [0.05, 0.1) is 18.6 Å². The number of esters is 1. The first kappa shape index (κ1) is 15.5. The van der Waals surface area contributed by atoms with Gasteiger partial charge in [-0.1, -0.05) is 0 Å². The molecule has 1 aliphatic carbocycles. The summed E-state index contributed by atoms with van der Waals surface area (Å²) in [6.07, 6.45) is 2.24. The second kappa shape index (κ2) is 6.01. The molecule has 2 aliphatic rings. The third kappa shape index (κ3) is 2.54. The van der Waals surface area contributed by atoms with Crippen LogP contribution in [-0.4, -0.2) is 18.9 Å². The minimum Gasteiger partial charge on any atom is -0.466 e. The van der Waals surface area contributed by atoms with Crippen LogP contribution in [0, 0.1) is 0 Å². The van der Waals surface area contributed by atoms with E-state index in [1.54, 1.807) is 11.3 Å². The average Bonchev–Trinajstić information content (AvgIpc) is 2.91. The Kier molecular flexibility index (Phi) is 4.23. The van der Waals surface area contributed by atoms with E-state index in [2.05, 4.69) is 21.2 Å². The molecule has 0 bridgehead atoms. The Morgan fingerprint density at radius 2 is 2.23 bits per heavy atom. The number of carbonyl (C=O) groups excluding carboxylic acids is 2. The number of nitrogens with one attached hydrogen (secondary N) is 1.